The van der Waals surface area contributed by atoms with Crippen LogP contribution in [0.2, 0.25) is 0 Å². The molecule has 0 fully saturated rings. The van der Waals surface area contributed by atoms with E-state index >= 15 is 0 Å². The van der Waals surface area contributed by atoms with Gasteiger partial charge in [-0.05, 0) is 48.5 Å². The molecule has 0 saturated carbocycles. The molecule has 4 aromatic heterocycles. The van der Waals surface area contributed by atoms with Gasteiger partial charge in [-0.25, -0.2) is 9.13 Å². The van der Waals surface area contributed by atoms with Crippen LogP contribution >= 0.6 is 0 Å². The first-order valence-corrected chi connectivity index (χ1v) is 11.0. The number of hydrogen-bond acceptors (Lipinski definition) is 8. The normalized spacial score (nSPS) is 11.4. The van der Waals surface area contributed by atoms with Gasteiger partial charge in [-0.3, -0.25) is 19.2 Å². The van der Waals surface area contributed by atoms with Crippen LogP contribution < -0.4 is 192 Å². The van der Waals surface area contributed by atoms with Crippen molar-refractivity contribution in [2.75, 3.05) is 0 Å². The van der Waals surface area contributed by atoms with Gasteiger partial charge in [0.05, 0.1) is 55.2 Å². The van der Waals surface area contributed by atoms with Gasteiger partial charge in [-0.15, -0.1) is 0 Å². The fraction of sp³-hybridized carbons (Fsp3) is 0. The molecule has 0 saturated heterocycles. The zero-order chi connectivity index (χ0) is 26.6. The molecule has 0 aliphatic rings. The van der Waals surface area contributed by atoms with Crippen molar-refractivity contribution in [3.8, 4) is 11.4 Å². The van der Waals surface area contributed by atoms with Crippen molar-refractivity contribution in [2.24, 2.45) is 0 Å². The van der Waals surface area contributed by atoms with Crippen LogP contribution in [0.3, 0.4) is 0 Å². The third-order valence-corrected chi connectivity index (χ3v) is 6.74. The minimum absolute atomic E-state index is 0. The number of benzene rings is 3. The van der Waals surface area contributed by atoms with E-state index in [1.165, 1.54) is 48.5 Å². The summed E-state index contributed by atoms with van der Waals surface area (Å²) in [6.07, 6.45) is 0. The van der Waals surface area contributed by atoms with E-state index in [0.29, 0.717) is 0 Å². The summed E-state index contributed by atoms with van der Waals surface area (Å²) in [7, 11) is 0. The second-order valence-corrected chi connectivity index (χ2v) is 8.74. The third-order valence-electron chi connectivity index (χ3n) is 6.74. The van der Waals surface area contributed by atoms with Gasteiger partial charge in [0.1, 0.15) is 0 Å². The van der Waals surface area contributed by atoms with Gasteiger partial charge in [0.2, 0.25) is 0 Å². The first-order valence-electron chi connectivity index (χ1n) is 11.0. The Kier molecular flexibility index (Phi) is 7.86. The van der Waals surface area contributed by atoms with E-state index in [1.54, 1.807) is 0 Å². The molecule has 0 aliphatic carbocycles. The number of aromatic nitrogens is 4. The molecule has 182 valence electrons. The Morgan fingerprint density at radius 2 is 0.600 bits per heavy atom. The maximum Gasteiger partial charge on any atom is 1.00 e. The van der Waals surface area contributed by atoms with Gasteiger partial charge in [0.25, 0.3) is 22.2 Å². The maximum absolute atomic E-state index is 13.0. The van der Waals surface area contributed by atoms with Gasteiger partial charge in [0, 0.05) is 21.5 Å². The first-order chi connectivity index (χ1) is 18.2. The number of hydrogen-bond donors (Lipinski definition) is 0. The van der Waals surface area contributed by atoms with Crippen molar-refractivity contribution in [3.63, 3.8) is 0 Å². The van der Waals surface area contributed by atoms with Crippen molar-refractivity contribution in [3.05, 3.63) is 131 Å². The summed E-state index contributed by atoms with van der Waals surface area (Å²) in [5.74, 6) is 0. The Morgan fingerprint density at radius 1 is 0.375 bits per heavy atom. The molecule has 4 heterocycles. The smallest absolute Gasteiger partial charge is 0.587 e. The molecule has 0 spiro atoms. The van der Waals surface area contributed by atoms with Crippen LogP contribution in [0.25, 0.3) is 54.5 Å². The van der Waals surface area contributed by atoms with E-state index in [0.717, 1.165) is 9.13 Å². The van der Waals surface area contributed by atoms with Crippen molar-refractivity contribution < 1.29 is 138 Å². The molecule has 14 heteroatoms. The minimum Gasteiger partial charge on any atom is -0.587 e. The van der Waals surface area contributed by atoms with E-state index < -0.39 is 44.5 Å². The molecule has 40 heavy (non-hydrogen) atoms. The van der Waals surface area contributed by atoms with E-state index in [2.05, 4.69) is 9.97 Å². The number of fused-ring (bicyclic) bond motifs is 4. The van der Waals surface area contributed by atoms with E-state index in [1.807, 2.05) is 0 Å². The van der Waals surface area contributed by atoms with Crippen LogP contribution in [-0.4, -0.2) is 9.13 Å². The molecule has 0 unspecified atom stereocenters. The summed E-state index contributed by atoms with van der Waals surface area (Å²) in [5, 5.41) is -0.440. The van der Waals surface area contributed by atoms with Crippen molar-refractivity contribution in [1.29, 1.82) is 0 Å². The molecule has 0 radical (unpaired) electrons. The van der Waals surface area contributed by atoms with Crippen LogP contribution in [0.5, 0.6) is 0 Å². The van der Waals surface area contributed by atoms with Crippen molar-refractivity contribution in [2.45, 2.75) is 0 Å². The molecule has 0 atom stereocenters. The summed E-state index contributed by atoms with van der Waals surface area (Å²) < 4.78 is 1.70. The average molecular weight is 770 g/mol. The average Bonchev–Trinajstić information content (AvgIpc) is 3.52. The second-order valence-electron chi connectivity index (χ2n) is 8.74. The van der Waals surface area contributed by atoms with Gasteiger partial charge in [-0.2, -0.15) is 0 Å². The topological polar surface area (TPSA) is 175 Å². The standard InChI is InChI=1S/C26H10N4O8.2Cs/c31-19-11-5-15-16(6-12(11)20(32)27-19)24(36)29(23(15)35)9-1-2-10(4-3-9)30-25(37)17-7-13-14(8-18(17)26(30)38)22(34)28-21(13)33;;/h1-8H,(H2,27,28,31,32,33,34);;/q;2*+1/p-2. The third kappa shape index (κ3) is 4.16. The van der Waals surface area contributed by atoms with Gasteiger partial charge in [0.15, 0.2) is 0 Å². The first kappa shape index (κ1) is 29.8. The molecule has 0 aliphatic heterocycles. The largest absolute Gasteiger partial charge is 1.00 e. The molecule has 3 aromatic carbocycles. The van der Waals surface area contributed by atoms with Crippen LogP contribution in [0.4, 0.5) is 0 Å². The fourth-order valence-electron chi connectivity index (χ4n) is 4.93. The Balaban J connectivity index is 0.00000161. The van der Waals surface area contributed by atoms with Gasteiger partial charge in [-0.1, -0.05) is 0 Å². The summed E-state index contributed by atoms with van der Waals surface area (Å²) >= 11 is 0. The Bertz CT molecular complexity index is 2290. The molecule has 0 N–H and O–H groups in total. The Morgan fingerprint density at radius 3 is 0.825 bits per heavy atom. The summed E-state index contributed by atoms with van der Waals surface area (Å²) in [6, 6.07) is 10.1. The predicted molar refractivity (Wildman–Crippen MR) is 137 cm³/mol. The zero-order valence-corrected chi connectivity index (χ0v) is 33.2. The number of rotatable bonds is 2. The van der Waals surface area contributed by atoms with Gasteiger partial charge < -0.3 is 29.1 Å². The Labute approximate surface area is 335 Å². The molecule has 0 amide bonds. The van der Waals surface area contributed by atoms with Crippen LogP contribution in [0, 0.1) is 0 Å². The quantitative estimate of drug-likeness (QED) is 0.164. The molecular weight excluding hydrogens is 762 g/mol. The Hall–Kier alpha value is -1.68. The van der Waals surface area contributed by atoms with Crippen molar-refractivity contribution >= 4 is 43.1 Å². The molecule has 7 rings (SSSR count). The summed E-state index contributed by atoms with van der Waals surface area (Å²) in [4.78, 5) is 106. The SMILES string of the molecule is O=c1[n-]c(=O)c2cc3c(=O)n(-c4ccc(-n5c(=O)c6cc7c(=O)[n-]c(=O)c7cc6c5=O)cc4)c(=O)c3cc12.[Cs+].[Cs+]. The van der Waals surface area contributed by atoms with E-state index in [4.69, 9.17) is 0 Å². The summed E-state index contributed by atoms with van der Waals surface area (Å²) in [5.41, 5.74) is -5.78. The van der Waals surface area contributed by atoms with Crippen LogP contribution in [-0.2, 0) is 0 Å². The molecule has 7 aromatic rings. The van der Waals surface area contributed by atoms with E-state index in [-0.39, 0.29) is 192 Å². The predicted octanol–water partition coefficient (Wildman–Crippen LogP) is -7.56. The number of nitrogens with zero attached hydrogens (tertiary/aromatic N) is 4. The minimum atomic E-state index is -0.787. The monoisotopic (exact) mass is 770 g/mol. The molecule has 0 bridgehead atoms. The summed E-state index contributed by atoms with van der Waals surface area (Å²) in [6.45, 7) is 0. The zero-order valence-electron chi connectivity index (χ0n) is 20.7. The maximum atomic E-state index is 13.0. The van der Waals surface area contributed by atoms with E-state index in [9.17, 15) is 38.4 Å². The second kappa shape index (κ2) is 10.5. The van der Waals surface area contributed by atoms with Crippen molar-refractivity contribution in [1.82, 2.24) is 19.1 Å². The van der Waals surface area contributed by atoms with Crippen LogP contribution in [0.1, 0.15) is 0 Å². The molecule has 12 nitrogen and oxygen atoms in total. The van der Waals surface area contributed by atoms with Gasteiger partial charge >= 0.3 is 138 Å². The van der Waals surface area contributed by atoms with Crippen LogP contribution in [0.15, 0.2) is 86.9 Å². The molecular formula is C26H8Cs2N4O8. The fourth-order valence-corrected chi connectivity index (χ4v) is 4.93.